The number of phenolic OH excluding ortho intramolecular Hbond substituents is 5. The number of rotatable bonds is 3. The first kappa shape index (κ1) is 27.9. The van der Waals surface area contributed by atoms with Crippen molar-refractivity contribution in [3.63, 3.8) is 0 Å². The van der Waals surface area contributed by atoms with Crippen LogP contribution in [0, 0.1) is 0 Å². The first-order valence-corrected chi connectivity index (χ1v) is 12.0. The second kappa shape index (κ2) is 10.1. The summed E-state index contributed by atoms with van der Waals surface area (Å²) in [5, 5.41) is 113. The normalized spacial score (nSPS) is 30.9. The van der Waals surface area contributed by atoms with Crippen LogP contribution in [0.15, 0.2) is 27.4 Å². The van der Waals surface area contributed by atoms with E-state index < -0.39 is 118 Å². The summed E-state index contributed by atoms with van der Waals surface area (Å²) in [7, 11) is 0. The van der Waals surface area contributed by atoms with E-state index in [0.29, 0.717) is 0 Å². The number of hydrogen-bond acceptors (Lipinski definition) is 15. The molecule has 2 aliphatic rings. The molecule has 0 amide bonds. The molecule has 216 valence electrons. The van der Waals surface area contributed by atoms with Crippen molar-refractivity contribution in [1.29, 1.82) is 0 Å². The first-order valence-electron chi connectivity index (χ1n) is 12.0. The molecule has 3 aromatic rings. The second-order valence-corrected chi connectivity index (χ2v) is 9.67. The van der Waals surface area contributed by atoms with Crippen molar-refractivity contribution in [1.82, 2.24) is 0 Å². The number of phenols is 5. The maximum atomic E-state index is 13.3. The van der Waals surface area contributed by atoms with E-state index in [0.717, 1.165) is 18.2 Å². The van der Waals surface area contributed by atoms with Crippen LogP contribution in [0.4, 0.5) is 0 Å². The average molecular weight is 566 g/mol. The fourth-order valence-corrected chi connectivity index (χ4v) is 4.95. The van der Waals surface area contributed by atoms with Gasteiger partial charge in [-0.25, -0.2) is 0 Å². The van der Waals surface area contributed by atoms with Crippen LogP contribution in [0.1, 0.15) is 23.3 Å². The molecule has 0 radical (unpaired) electrons. The molecule has 0 bridgehead atoms. The molecular formula is C25H26O15. The van der Waals surface area contributed by atoms with E-state index in [9.17, 15) is 61.0 Å². The summed E-state index contributed by atoms with van der Waals surface area (Å²) in [5.41, 5.74) is -2.85. The highest BCUT2D eigenvalue weighted by atomic mass is 16.5. The zero-order valence-electron chi connectivity index (χ0n) is 20.3. The Balaban J connectivity index is 1.81. The van der Waals surface area contributed by atoms with Crippen LogP contribution in [-0.2, 0) is 9.47 Å². The largest absolute Gasteiger partial charge is 0.507 e. The molecule has 15 nitrogen and oxygen atoms in total. The zero-order valence-corrected chi connectivity index (χ0v) is 20.3. The van der Waals surface area contributed by atoms with E-state index >= 15 is 0 Å². The lowest BCUT2D eigenvalue weighted by Gasteiger charge is -2.38. The molecule has 3 heterocycles. The summed E-state index contributed by atoms with van der Waals surface area (Å²) >= 11 is 0. The van der Waals surface area contributed by atoms with Crippen LogP contribution in [0.2, 0.25) is 0 Å². The third kappa shape index (κ3) is 4.29. The highest BCUT2D eigenvalue weighted by Crippen LogP contribution is 2.50. The molecule has 8 atom stereocenters. The van der Waals surface area contributed by atoms with Gasteiger partial charge in [0.05, 0.1) is 24.3 Å². The van der Waals surface area contributed by atoms with Gasteiger partial charge in [-0.15, -0.1) is 0 Å². The number of aliphatic hydroxyl groups is 6. The molecule has 2 aliphatic heterocycles. The van der Waals surface area contributed by atoms with Gasteiger partial charge in [0.25, 0.3) is 0 Å². The third-order valence-electron chi connectivity index (χ3n) is 7.12. The molecule has 2 aromatic carbocycles. The Kier molecular flexibility index (Phi) is 7.01. The topological polar surface area (TPSA) is 271 Å². The van der Waals surface area contributed by atoms with Gasteiger partial charge in [-0.05, 0) is 12.1 Å². The van der Waals surface area contributed by atoms with Crippen molar-refractivity contribution < 1.29 is 70.1 Å². The van der Waals surface area contributed by atoms with E-state index in [2.05, 4.69) is 0 Å². The van der Waals surface area contributed by atoms with Crippen molar-refractivity contribution in [2.45, 2.75) is 48.8 Å². The van der Waals surface area contributed by atoms with Crippen molar-refractivity contribution in [2.75, 3.05) is 13.2 Å². The highest BCUT2D eigenvalue weighted by Gasteiger charge is 2.46. The van der Waals surface area contributed by atoms with Gasteiger partial charge >= 0.3 is 0 Å². The van der Waals surface area contributed by atoms with E-state index in [1.165, 1.54) is 0 Å². The molecule has 0 aliphatic carbocycles. The summed E-state index contributed by atoms with van der Waals surface area (Å²) in [6, 6.07) is 2.72. The van der Waals surface area contributed by atoms with Gasteiger partial charge in [0.15, 0.2) is 28.3 Å². The molecule has 2 fully saturated rings. The van der Waals surface area contributed by atoms with Crippen LogP contribution >= 0.6 is 0 Å². The highest BCUT2D eigenvalue weighted by molar-refractivity contribution is 5.92. The SMILES string of the molecule is O=c1cc(-c2cc(O)c(O)c(O)c2)oc2c(C3OCC(O)C(O)C3O)c(O)c(C3OCC(O)C(O)C3O)c(O)c12. The number of benzene rings is 2. The third-order valence-corrected chi connectivity index (χ3v) is 7.12. The molecule has 8 unspecified atom stereocenters. The Bertz CT molecular complexity index is 1490. The summed E-state index contributed by atoms with van der Waals surface area (Å²) in [6.07, 6.45) is -13.8. The summed E-state index contributed by atoms with van der Waals surface area (Å²) in [6.45, 7) is -1.08. The minimum atomic E-state index is -1.92. The molecule has 1 aromatic heterocycles. The van der Waals surface area contributed by atoms with Gasteiger partial charge in [0.2, 0.25) is 0 Å². The van der Waals surface area contributed by atoms with Crippen LogP contribution in [0.25, 0.3) is 22.3 Å². The molecule has 5 rings (SSSR count). The van der Waals surface area contributed by atoms with Crippen LogP contribution < -0.4 is 5.43 Å². The fraction of sp³-hybridized carbons (Fsp3) is 0.400. The van der Waals surface area contributed by atoms with Crippen molar-refractivity contribution >= 4 is 11.0 Å². The Morgan fingerprint density at radius 1 is 0.625 bits per heavy atom. The van der Waals surface area contributed by atoms with E-state index in [1.54, 1.807) is 0 Å². The maximum absolute atomic E-state index is 13.3. The molecule has 11 N–H and O–H groups in total. The zero-order chi connectivity index (χ0) is 29.2. The lowest BCUT2D eigenvalue weighted by Crippen LogP contribution is -2.49. The standard InChI is InChI=1S/C25H26O15/c26-7-3-12(6-1-8(27)16(31)9(28)2-6)40-23-13(7)19(34)14(24-21(36)17(32)10(29)4-38-24)20(35)15(23)25-22(37)18(33)11(30)5-39-25/h1-3,10-11,17-18,21-22,24-25,27-37H,4-5H2. The smallest absolute Gasteiger partial charge is 0.200 e. The van der Waals surface area contributed by atoms with Crippen molar-refractivity contribution in [3.8, 4) is 40.1 Å². The average Bonchev–Trinajstić information content (AvgIpc) is 2.90. The van der Waals surface area contributed by atoms with Crippen LogP contribution in [-0.4, -0.2) is 106 Å². The van der Waals surface area contributed by atoms with Gasteiger partial charge in [-0.3, -0.25) is 4.79 Å². The van der Waals surface area contributed by atoms with E-state index in [-0.39, 0.29) is 11.3 Å². The summed E-state index contributed by atoms with van der Waals surface area (Å²) < 4.78 is 16.6. The molecule has 15 heteroatoms. The van der Waals surface area contributed by atoms with Crippen molar-refractivity contribution in [3.05, 3.63) is 39.5 Å². The molecule has 2 saturated heterocycles. The number of ether oxygens (including phenoxy) is 2. The van der Waals surface area contributed by atoms with E-state index in [1.807, 2.05) is 0 Å². The molecule has 40 heavy (non-hydrogen) atoms. The number of hydrogen-bond donors (Lipinski definition) is 11. The molecule has 0 saturated carbocycles. The monoisotopic (exact) mass is 566 g/mol. The van der Waals surface area contributed by atoms with Gasteiger partial charge in [-0.1, -0.05) is 0 Å². The second-order valence-electron chi connectivity index (χ2n) is 9.67. The maximum Gasteiger partial charge on any atom is 0.200 e. The van der Waals surface area contributed by atoms with Gasteiger partial charge in [0, 0.05) is 11.6 Å². The lowest BCUT2D eigenvalue weighted by atomic mass is 9.87. The molecular weight excluding hydrogens is 540 g/mol. The lowest BCUT2D eigenvalue weighted by molar-refractivity contribution is -0.191. The van der Waals surface area contributed by atoms with Crippen LogP contribution in [0.3, 0.4) is 0 Å². The van der Waals surface area contributed by atoms with E-state index in [4.69, 9.17) is 13.9 Å². The van der Waals surface area contributed by atoms with Crippen molar-refractivity contribution in [2.24, 2.45) is 0 Å². The Hall–Kier alpha value is -3.67. The molecule has 0 spiro atoms. The minimum absolute atomic E-state index is 0.135. The predicted octanol–water partition coefficient (Wildman–Crippen LogP) is -1.70. The first-order chi connectivity index (χ1) is 18.8. The number of aliphatic hydroxyl groups excluding tert-OH is 6. The van der Waals surface area contributed by atoms with Gasteiger partial charge in [-0.2, -0.15) is 0 Å². The number of fused-ring (bicyclic) bond motifs is 1. The van der Waals surface area contributed by atoms with Gasteiger partial charge < -0.3 is 70.1 Å². The van der Waals surface area contributed by atoms with Crippen LogP contribution in [0.5, 0.6) is 28.7 Å². The predicted molar refractivity (Wildman–Crippen MR) is 130 cm³/mol. The number of aromatic hydroxyl groups is 5. The summed E-state index contributed by atoms with van der Waals surface area (Å²) in [4.78, 5) is 13.3. The minimum Gasteiger partial charge on any atom is -0.507 e. The Labute approximate surface area is 223 Å². The Morgan fingerprint density at radius 3 is 1.65 bits per heavy atom. The summed E-state index contributed by atoms with van der Waals surface area (Å²) in [5.74, 6) is -4.64. The van der Waals surface area contributed by atoms with Gasteiger partial charge in [0.1, 0.15) is 71.5 Å². The quantitative estimate of drug-likeness (QED) is 0.158. The Morgan fingerprint density at radius 2 is 1.12 bits per heavy atom. The fourth-order valence-electron chi connectivity index (χ4n) is 4.95.